The molecule has 0 aliphatic rings. The number of nitrogens with one attached hydrogen (secondary N) is 1. The fourth-order valence-corrected chi connectivity index (χ4v) is 1.71. The predicted molar refractivity (Wildman–Crippen MR) is 65.1 cm³/mol. The lowest BCUT2D eigenvalue weighted by molar-refractivity contribution is 0.230. The molecule has 0 radical (unpaired) electrons. The van der Waals surface area contributed by atoms with Crippen molar-refractivity contribution in [1.29, 1.82) is 0 Å². The molecule has 16 heavy (non-hydrogen) atoms. The number of hydrogen-bond donors (Lipinski definition) is 3. The van der Waals surface area contributed by atoms with E-state index in [1.54, 1.807) is 0 Å². The third-order valence-electron chi connectivity index (χ3n) is 2.83. The standard InChI is InChI=1S/C13H21NO2/c1-3-13(9-16)14-10(2)12-6-4-5-11(7-12)8-15/h4-7,10,13-16H,3,8-9H2,1-2H3/t10?,13-/m1/s1. The minimum Gasteiger partial charge on any atom is -0.395 e. The summed E-state index contributed by atoms with van der Waals surface area (Å²) in [7, 11) is 0. The third kappa shape index (κ3) is 3.59. The molecule has 0 bridgehead atoms. The van der Waals surface area contributed by atoms with E-state index >= 15 is 0 Å². The highest BCUT2D eigenvalue weighted by atomic mass is 16.3. The first-order valence-corrected chi connectivity index (χ1v) is 5.77. The SMILES string of the molecule is CC[C@H](CO)NC(C)c1cccc(CO)c1. The maximum atomic E-state index is 9.12. The van der Waals surface area contributed by atoms with Gasteiger partial charge in [-0.2, -0.15) is 0 Å². The van der Waals surface area contributed by atoms with Gasteiger partial charge in [0.1, 0.15) is 0 Å². The molecule has 0 aliphatic heterocycles. The normalized spacial score (nSPS) is 14.8. The highest BCUT2D eigenvalue weighted by Crippen LogP contribution is 2.15. The van der Waals surface area contributed by atoms with Gasteiger partial charge in [0.15, 0.2) is 0 Å². The van der Waals surface area contributed by atoms with Gasteiger partial charge in [-0.1, -0.05) is 31.2 Å². The molecule has 3 nitrogen and oxygen atoms in total. The summed E-state index contributed by atoms with van der Waals surface area (Å²) in [6, 6.07) is 8.18. The summed E-state index contributed by atoms with van der Waals surface area (Å²) in [6.07, 6.45) is 0.903. The van der Waals surface area contributed by atoms with Gasteiger partial charge in [0.2, 0.25) is 0 Å². The molecular formula is C13H21NO2. The molecule has 90 valence electrons. The van der Waals surface area contributed by atoms with Crippen LogP contribution < -0.4 is 5.32 Å². The van der Waals surface area contributed by atoms with Gasteiger partial charge in [0, 0.05) is 12.1 Å². The van der Waals surface area contributed by atoms with Crippen molar-refractivity contribution in [3.63, 3.8) is 0 Å². The quantitative estimate of drug-likeness (QED) is 0.686. The summed E-state index contributed by atoms with van der Waals surface area (Å²) in [5.74, 6) is 0. The Kier molecular flexibility index (Phi) is 5.46. The van der Waals surface area contributed by atoms with Crippen LogP contribution >= 0.6 is 0 Å². The first-order valence-electron chi connectivity index (χ1n) is 5.77. The van der Waals surface area contributed by atoms with Gasteiger partial charge >= 0.3 is 0 Å². The van der Waals surface area contributed by atoms with Crippen LogP contribution in [0.3, 0.4) is 0 Å². The molecule has 1 aromatic rings. The minimum atomic E-state index is 0.0672. The molecule has 1 unspecified atom stereocenters. The van der Waals surface area contributed by atoms with Gasteiger partial charge in [0.05, 0.1) is 13.2 Å². The third-order valence-corrected chi connectivity index (χ3v) is 2.83. The Labute approximate surface area is 97.1 Å². The zero-order valence-electron chi connectivity index (χ0n) is 9.98. The number of aliphatic hydroxyl groups is 2. The summed E-state index contributed by atoms with van der Waals surface area (Å²) in [5.41, 5.74) is 2.06. The van der Waals surface area contributed by atoms with Crippen LogP contribution in [0.1, 0.15) is 37.4 Å². The zero-order chi connectivity index (χ0) is 12.0. The van der Waals surface area contributed by atoms with Crippen LogP contribution in [0.15, 0.2) is 24.3 Å². The monoisotopic (exact) mass is 223 g/mol. The molecule has 1 rings (SSSR count). The van der Waals surface area contributed by atoms with E-state index in [1.165, 1.54) is 0 Å². The van der Waals surface area contributed by atoms with Crippen molar-refractivity contribution >= 4 is 0 Å². The van der Waals surface area contributed by atoms with Crippen molar-refractivity contribution in [2.45, 2.75) is 39.0 Å². The molecule has 0 saturated heterocycles. The Morgan fingerprint density at radius 3 is 2.62 bits per heavy atom. The van der Waals surface area contributed by atoms with Crippen LogP contribution in [0.25, 0.3) is 0 Å². The molecule has 0 aromatic heterocycles. The maximum absolute atomic E-state index is 9.12. The summed E-state index contributed by atoms with van der Waals surface area (Å²) < 4.78 is 0. The van der Waals surface area contributed by atoms with E-state index in [4.69, 9.17) is 10.2 Å². The van der Waals surface area contributed by atoms with E-state index in [9.17, 15) is 0 Å². The Morgan fingerprint density at radius 1 is 1.31 bits per heavy atom. The number of rotatable bonds is 6. The molecule has 2 atom stereocenters. The average molecular weight is 223 g/mol. The molecule has 0 fully saturated rings. The Morgan fingerprint density at radius 2 is 2.06 bits per heavy atom. The van der Waals surface area contributed by atoms with Crippen LogP contribution in [0.4, 0.5) is 0 Å². The van der Waals surface area contributed by atoms with Crippen LogP contribution in [0, 0.1) is 0 Å². The van der Waals surface area contributed by atoms with Gasteiger partial charge in [0.25, 0.3) is 0 Å². The Bertz CT molecular complexity index is 311. The Hall–Kier alpha value is -0.900. The molecule has 1 aromatic carbocycles. The minimum absolute atomic E-state index is 0.0672. The molecule has 3 N–H and O–H groups in total. The Balaban J connectivity index is 2.67. The molecule has 0 aliphatic carbocycles. The van der Waals surface area contributed by atoms with Crippen molar-refractivity contribution < 1.29 is 10.2 Å². The van der Waals surface area contributed by atoms with Crippen LogP contribution in [0.5, 0.6) is 0 Å². The van der Waals surface area contributed by atoms with Gasteiger partial charge in [-0.25, -0.2) is 0 Å². The summed E-state index contributed by atoms with van der Waals surface area (Å²) in [4.78, 5) is 0. The molecule has 0 saturated carbocycles. The van der Waals surface area contributed by atoms with Crippen molar-refractivity contribution in [3.05, 3.63) is 35.4 Å². The average Bonchev–Trinajstić information content (AvgIpc) is 2.35. The maximum Gasteiger partial charge on any atom is 0.0681 e. The van der Waals surface area contributed by atoms with Crippen molar-refractivity contribution in [2.75, 3.05) is 6.61 Å². The van der Waals surface area contributed by atoms with Crippen LogP contribution in [-0.4, -0.2) is 22.9 Å². The lowest BCUT2D eigenvalue weighted by Gasteiger charge is -2.21. The van der Waals surface area contributed by atoms with E-state index in [-0.39, 0.29) is 25.3 Å². The van der Waals surface area contributed by atoms with E-state index in [2.05, 4.69) is 12.2 Å². The van der Waals surface area contributed by atoms with E-state index in [0.717, 1.165) is 17.5 Å². The second-order valence-electron chi connectivity index (χ2n) is 4.08. The summed E-state index contributed by atoms with van der Waals surface area (Å²) in [5, 5.41) is 21.5. The van der Waals surface area contributed by atoms with Gasteiger partial charge < -0.3 is 15.5 Å². The topological polar surface area (TPSA) is 52.5 Å². The number of aliphatic hydroxyl groups excluding tert-OH is 2. The smallest absolute Gasteiger partial charge is 0.0681 e. The lowest BCUT2D eigenvalue weighted by atomic mass is 10.0. The highest BCUT2D eigenvalue weighted by Gasteiger charge is 2.10. The van der Waals surface area contributed by atoms with Gasteiger partial charge in [-0.3, -0.25) is 0 Å². The fourth-order valence-electron chi connectivity index (χ4n) is 1.71. The molecule has 0 heterocycles. The first kappa shape index (κ1) is 13.2. The second kappa shape index (κ2) is 6.63. The predicted octanol–water partition coefficient (Wildman–Crippen LogP) is 1.60. The first-order chi connectivity index (χ1) is 7.71. The second-order valence-corrected chi connectivity index (χ2v) is 4.08. The summed E-state index contributed by atoms with van der Waals surface area (Å²) >= 11 is 0. The van der Waals surface area contributed by atoms with E-state index in [0.29, 0.717) is 0 Å². The molecule has 3 heteroatoms. The van der Waals surface area contributed by atoms with Crippen LogP contribution in [-0.2, 0) is 6.61 Å². The van der Waals surface area contributed by atoms with E-state index < -0.39 is 0 Å². The molecular weight excluding hydrogens is 202 g/mol. The number of hydrogen-bond acceptors (Lipinski definition) is 3. The molecule has 0 amide bonds. The van der Waals surface area contributed by atoms with Crippen molar-refractivity contribution in [3.8, 4) is 0 Å². The molecule has 0 spiro atoms. The van der Waals surface area contributed by atoms with Gasteiger partial charge in [-0.15, -0.1) is 0 Å². The van der Waals surface area contributed by atoms with Crippen molar-refractivity contribution in [1.82, 2.24) is 5.32 Å². The van der Waals surface area contributed by atoms with Gasteiger partial charge in [-0.05, 0) is 24.5 Å². The van der Waals surface area contributed by atoms with Crippen molar-refractivity contribution in [2.24, 2.45) is 0 Å². The lowest BCUT2D eigenvalue weighted by Crippen LogP contribution is -2.33. The fraction of sp³-hybridized carbons (Fsp3) is 0.538. The zero-order valence-corrected chi connectivity index (χ0v) is 9.98. The summed E-state index contributed by atoms with van der Waals surface area (Å²) in [6.45, 7) is 4.33. The number of benzene rings is 1. The van der Waals surface area contributed by atoms with E-state index in [1.807, 2.05) is 31.2 Å². The van der Waals surface area contributed by atoms with Crippen LogP contribution in [0.2, 0.25) is 0 Å². The highest BCUT2D eigenvalue weighted by molar-refractivity contribution is 5.25. The largest absolute Gasteiger partial charge is 0.395 e.